The van der Waals surface area contributed by atoms with Gasteiger partial charge in [-0.3, -0.25) is 14.4 Å². The smallest absolute Gasteiger partial charge is 0.410 e. The molecule has 8 atom stereocenters. The van der Waals surface area contributed by atoms with E-state index in [9.17, 15) is 34.2 Å². The Morgan fingerprint density at radius 3 is 2.29 bits per heavy atom. The van der Waals surface area contributed by atoms with Crippen molar-refractivity contribution >= 4 is 40.2 Å². The van der Waals surface area contributed by atoms with Gasteiger partial charge in [0, 0.05) is 59.7 Å². The summed E-state index contributed by atoms with van der Waals surface area (Å²) in [6.07, 6.45) is 7.47. The largest absolute Gasteiger partial charge is 0.492 e. The van der Waals surface area contributed by atoms with E-state index in [2.05, 4.69) is 6.92 Å². The molecule has 4 saturated carbocycles. The predicted octanol–water partition coefficient (Wildman–Crippen LogP) is 7.06. The highest BCUT2D eigenvalue weighted by Gasteiger charge is 2.70. The van der Waals surface area contributed by atoms with Crippen LogP contribution in [-0.2, 0) is 19.1 Å². The summed E-state index contributed by atoms with van der Waals surface area (Å²) in [5.74, 6) is -2.73. The van der Waals surface area contributed by atoms with Crippen LogP contribution in [0.25, 0.3) is 10.9 Å². The van der Waals surface area contributed by atoms with Crippen molar-refractivity contribution < 1.29 is 48.0 Å². The number of nitrogens with zero attached hydrogens (tertiary/aromatic N) is 3. The number of aliphatic hydroxyl groups excluding tert-OH is 1. The van der Waals surface area contributed by atoms with Crippen molar-refractivity contribution in [2.24, 2.45) is 28.6 Å². The van der Waals surface area contributed by atoms with Gasteiger partial charge in [0.25, 0.3) is 0 Å². The van der Waals surface area contributed by atoms with Gasteiger partial charge in [0.1, 0.15) is 22.5 Å². The van der Waals surface area contributed by atoms with Crippen molar-refractivity contribution in [3.63, 3.8) is 0 Å². The summed E-state index contributed by atoms with van der Waals surface area (Å²) >= 11 is 0. The number of rotatable bonds is 7. The van der Waals surface area contributed by atoms with E-state index in [0.717, 1.165) is 18.4 Å². The second kappa shape index (κ2) is 15.0. The summed E-state index contributed by atoms with van der Waals surface area (Å²) in [6, 6.07) is -0.469. The number of ketones is 2. The molecular weight excluding hydrogens is 810 g/mol. The first kappa shape index (κ1) is 45.0. The minimum absolute atomic E-state index is 0.0229. The number of aliphatic hydroxyl groups is 2. The second-order valence-electron chi connectivity index (χ2n) is 21.2. The van der Waals surface area contributed by atoms with Gasteiger partial charge in [-0.2, -0.15) is 0 Å². The molecule has 2 N–H and O–H groups in total. The van der Waals surface area contributed by atoms with Crippen molar-refractivity contribution in [2.75, 3.05) is 31.6 Å². The molecule has 63 heavy (non-hydrogen) atoms. The number of Topliss-reactive ketones (excluding diaryl/α,β-unsaturated/α-hetero) is 1. The number of amides is 1. The maximum Gasteiger partial charge on any atom is 0.410 e. The fourth-order valence-electron chi connectivity index (χ4n) is 12.7. The van der Waals surface area contributed by atoms with Gasteiger partial charge in [0.15, 0.2) is 23.0 Å². The molecule has 1 aromatic carbocycles. The fraction of sp³-hybridized carbons (Fsp3) is 0.653. The first-order chi connectivity index (χ1) is 29.3. The van der Waals surface area contributed by atoms with Gasteiger partial charge in [-0.05, 0) is 124 Å². The van der Waals surface area contributed by atoms with Crippen LogP contribution in [0.1, 0.15) is 128 Å². The van der Waals surface area contributed by atoms with Crippen LogP contribution in [0.15, 0.2) is 28.6 Å². The summed E-state index contributed by atoms with van der Waals surface area (Å²) in [6.45, 7) is 18.0. The average Bonchev–Trinajstić information content (AvgIpc) is 3.98. The predicted molar refractivity (Wildman–Crippen MR) is 235 cm³/mol. The van der Waals surface area contributed by atoms with Crippen molar-refractivity contribution in [3.05, 3.63) is 56.7 Å². The Morgan fingerprint density at radius 2 is 1.67 bits per heavy atom. The zero-order chi connectivity index (χ0) is 46.1. The van der Waals surface area contributed by atoms with E-state index >= 15 is 4.39 Å². The number of esters is 1. The number of aryl methyl sites for hydroxylation is 1. The Kier molecular flexibility index (Phi) is 10.7. The van der Waals surface area contributed by atoms with E-state index in [4.69, 9.17) is 14.2 Å². The number of allylic oxidation sites excluding steroid dienone is 4. The van der Waals surface area contributed by atoms with Crippen LogP contribution < -0.4 is 15.1 Å². The molecular formula is C49H64FN3O10. The first-order valence-electron chi connectivity index (χ1n) is 22.6. The molecule has 2 unspecified atom stereocenters. The molecule has 2 aromatic rings. The quantitative estimate of drug-likeness (QED) is 0.274. The maximum atomic E-state index is 16.9. The Balaban J connectivity index is 1.11. The third kappa shape index (κ3) is 6.86. The Labute approximate surface area is 368 Å². The van der Waals surface area contributed by atoms with Gasteiger partial charge < -0.3 is 38.8 Å². The first-order valence-corrected chi connectivity index (χ1v) is 22.6. The topological polar surface area (TPSA) is 165 Å². The molecule has 5 fully saturated rings. The third-order valence-corrected chi connectivity index (χ3v) is 15.8. The van der Waals surface area contributed by atoms with Gasteiger partial charge in [-0.25, -0.2) is 14.0 Å². The lowest BCUT2D eigenvalue weighted by Crippen LogP contribution is -2.64. The van der Waals surface area contributed by atoms with E-state index in [1.165, 1.54) is 27.9 Å². The summed E-state index contributed by atoms with van der Waals surface area (Å²) in [5.41, 5.74) is -5.40. The number of aromatic nitrogens is 1. The summed E-state index contributed by atoms with van der Waals surface area (Å²) < 4.78 is 36.5. The molecule has 2 heterocycles. The summed E-state index contributed by atoms with van der Waals surface area (Å²) in [7, 11) is 1.42. The van der Waals surface area contributed by atoms with Crippen molar-refractivity contribution in [1.82, 2.24) is 9.47 Å². The second-order valence-corrected chi connectivity index (χ2v) is 21.2. The van der Waals surface area contributed by atoms with Crippen molar-refractivity contribution in [2.45, 2.75) is 149 Å². The summed E-state index contributed by atoms with van der Waals surface area (Å²) in [5, 5.41) is 24.5. The molecule has 1 saturated heterocycles. The number of benzene rings is 1. The molecule has 0 spiro atoms. The van der Waals surface area contributed by atoms with E-state index in [1.807, 2.05) is 29.4 Å². The number of hydrogen-bond acceptors (Lipinski definition) is 11. The molecule has 8 rings (SSSR count). The third-order valence-electron chi connectivity index (χ3n) is 15.8. The fourth-order valence-corrected chi connectivity index (χ4v) is 12.7. The number of ether oxygens (including phenoxy) is 3. The Hall–Kier alpha value is -4.56. The number of methoxy groups -OCH3 is 1. The number of hydrogen-bond donors (Lipinski definition) is 2. The van der Waals surface area contributed by atoms with Crippen molar-refractivity contribution in [1.29, 1.82) is 0 Å². The van der Waals surface area contributed by atoms with E-state index in [-0.39, 0.29) is 102 Å². The molecule has 342 valence electrons. The lowest BCUT2D eigenvalue weighted by molar-refractivity contribution is -0.188. The molecule has 5 aliphatic carbocycles. The zero-order valence-electron chi connectivity index (χ0n) is 38.6. The number of anilines is 1. The number of carbonyl (C=O) groups excluding carboxylic acids is 4. The van der Waals surface area contributed by atoms with Crippen LogP contribution in [0.4, 0.5) is 14.9 Å². The molecule has 6 aliphatic rings. The van der Waals surface area contributed by atoms with Gasteiger partial charge in [-0.15, -0.1) is 0 Å². The molecule has 1 aromatic heterocycles. The standard InChI is InChI=1S/C49H64FN3O10/c1-25-24-51(20-21-52(25)44(59)63-45(4,5)6)39-37(50)26(2)34-38(41(39)61-11)53(29-13-14-29)27(3)35(40(34)56)42(57)62-46(7,8)43(58)49(60)19-17-32-31-15-12-28-22-30(54)16-18-47(28,9)36(31)33(55)23-48(32,49)10/h16,18,22,25,29,31-33,36,55,60H,12-15,17,19-21,23-24H2,1-11H3/t25?,31-,32-,33-,36?,47-,48-,49-/m0/s1. The highest BCUT2D eigenvalue weighted by Crippen LogP contribution is 2.67. The lowest BCUT2D eigenvalue weighted by Gasteiger charge is -2.59. The van der Waals surface area contributed by atoms with Crippen LogP contribution in [0.2, 0.25) is 0 Å². The molecule has 1 aliphatic heterocycles. The number of piperazine rings is 1. The minimum Gasteiger partial charge on any atom is -0.492 e. The minimum atomic E-state index is -1.96. The Bertz CT molecular complexity index is 2440. The molecule has 0 bridgehead atoms. The highest BCUT2D eigenvalue weighted by atomic mass is 19.1. The van der Waals surface area contributed by atoms with Crippen LogP contribution >= 0.6 is 0 Å². The number of halogens is 1. The van der Waals surface area contributed by atoms with E-state index in [1.54, 1.807) is 44.7 Å². The van der Waals surface area contributed by atoms with E-state index < -0.39 is 62.8 Å². The normalized spacial score (nSPS) is 31.9. The van der Waals surface area contributed by atoms with Gasteiger partial charge in [0.2, 0.25) is 11.2 Å². The molecule has 13 nitrogen and oxygen atoms in total. The molecule has 14 heteroatoms. The Morgan fingerprint density at radius 1 is 0.984 bits per heavy atom. The van der Waals surface area contributed by atoms with Gasteiger partial charge in [-0.1, -0.05) is 25.5 Å². The summed E-state index contributed by atoms with van der Waals surface area (Å²) in [4.78, 5) is 72.8. The van der Waals surface area contributed by atoms with Crippen LogP contribution in [-0.4, -0.2) is 99.0 Å². The van der Waals surface area contributed by atoms with Crippen molar-refractivity contribution in [3.8, 4) is 5.75 Å². The monoisotopic (exact) mass is 873 g/mol. The van der Waals surface area contributed by atoms with Crippen LogP contribution in [0, 0.1) is 48.2 Å². The SMILES string of the molecule is COc1c(N2CCN(C(=O)OC(C)(C)C)C(C)C2)c(F)c(C)c2c(=O)c(C(=O)OC(C)(C)C(=O)[C@@]3(O)CC[C@H]4[C@@H]5CCC6=CC(=O)C=C[C@]6(C)C5[C@@H](O)C[C@@]43C)c(C)n(C3CC3)c12. The maximum absolute atomic E-state index is 16.9. The van der Waals surface area contributed by atoms with Gasteiger partial charge >= 0.3 is 12.1 Å². The number of fused-ring (bicyclic) bond motifs is 6. The highest BCUT2D eigenvalue weighted by molar-refractivity contribution is 6.03. The van der Waals surface area contributed by atoms with E-state index in [0.29, 0.717) is 24.8 Å². The lowest BCUT2D eigenvalue weighted by atomic mass is 9.46. The number of pyridine rings is 1. The van der Waals surface area contributed by atoms with Crippen LogP contribution in [0.5, 0.6) is 5.75 Å². The van der Waals surface area contributed by atoms with Crippen LogP contribution in [0.3, 0.4) is 0 Å². The molecule has 0 radical (unpaired) electrons. The molecule has 1 amide bonds. The number of carbonyl (C=O) groups is 4. The zero-order valence-corrected chi connectivity index (χ0v) is 38.6. The average molecular weight is 874 g/mol. The van der Waals surface area contributed by atoms with Gasteiger partial charge in [0.05, 0.1) is 24.1 Å².